The fourth-order valence-electron chi connectivity index (χ4n) is 5.38. The average molecular weight is 657 g/mol. The van der Waals surface area contributed by atoms with Gasteiger partial charge in [-0.3, -0.25) is 14.2 Å². The monoisotopic (exact) mass is 656 g/mol. The Kier molecular flexibility index (Phi) is 10.7. The largest absolute Gasteiger partial charge is 0.419 e. The van der Waals surface area contributed by atoms with Crippen LogP contribution in [0.1, 0.15) is 68.0 Å². The number of carbonyl (C=O) groups excluding carboxylic acids is 1. The Morgan fingerprint density at radius 1 is 1.09 bits per heavy atom. The zero-order valence-electron chi connectivity index (χ0n) is 25.2. The van der Waals surface area contributed by atoms with Gasteiger partial charge in [-0.15, -0.1) is 0 Å². The number of pyridine rings is 1. The molecule has 4 rings (SSSR count). The van der Waals surface area contributed by atoms with E-state index in [4.69, 9.17) is 4.98 Å². The molecule has 0 bridgehead atoms. The summed E-state index contributed by atoms with van der Waals surface area (Å²) < 4.78 is 79.3. The number of fused-ring (bicyclic) bond motifs is 1. The summed E-state index contributed by atoms with van der Waals surface area (Å²) in [6.07, 6.45) is -2.84. The second kappa shape index (κ2) is 14.3. The van der Waals surface area contributed by atoms with Crippen LogP contribution >= 0.6 is 0 Å². The Morgan fingerprint density at radius 2 is 1.80 bits per heavy atom. The molecule has 0 aliphatic rings. The van der Waals surface area contributed by atoms with Gasteiger partial charge in [-0.05, 0) is 72.9 Å². The second-order valence-electron chi connectivity index (χ2n) is 11.2. The normalized spacial score (nSPS) is 13.3. The molecule has 46 heavy (non-hydrogen) atoms. The lowest BCUT2D eigenvalue weighted by molar-refractivity contribution is -0.140. The number of unbranched alkanes of at least 4 members (excludes halogenated alkanes) is 1. The summed E-state index contributed by atoms with van der Waals surface area (Å²) in [6, 6.07) is 14.0. The summed E-state index contributed by atoms with van der Waals surface area (Å²) in [5.74, 6) is -2.70. The number of Topliss-reactive ketones (excluding diaryl/α,β-unsaturated/α-hetero) is 1. The van der Waals surface area contributed by atoms with Gasteiger partial charge in [0.2, 0.25) is 0 Å². The van der Waals surface area contributed by atoms with Gasteiger partial charge in [0.05, 0.1) is 34.0 Å². The molecule has 0 saturated carbocycles. The zero-order valence-corrected chi connectivity index (χ0v) is 26.0. The Balaban J connectivity index is 1.72. The van der Waals surface area contributed by atoms with E-state index in [0.717, 1.165) is 6.07 Å². The fourth-order valence-corrected chi connectivity index (χ4v) is 6.31. The van der Waals surface area contributed by atoms with E-state index in [2.05, 4.69) is 4.98 Å². The van der Waals surface area contributed by atoms with E-state index in [0.29, 0.717) is 42.6 Å². The lowest BCUT2D eigenvalue weighted by Crippen LogP contribution is -2.28. The third kappa shape index (κ3) is 8.23. The molecule has 13 heteroatoms. The molecule has 0 spiro atoms. The van der Waals surface area contributed by atoms with Crippen LogP contribution in [-0.2, 0) is 27.2 Å². The minimum Gasteiger partial charge on any atom is -0.299 e. The Bertz CT molecular complexity index is 1930. The van der Waals surface area contributed by atoms with Gasteiger partial charge in [0, 0.05) is 30.7 Å². The molecule has 8 nitrogen and oxygen atoms in total. The van der Waals surface area contributed by atoms with Crippen LogP contribution in [0.25, 0.3) is 16.7 Å². The van der Waals surface area contributed by atoms with E-state index in [1.54, 1.807) is 50.2 Å². The number of halogens is 4. The minimum atomic E-state index is -4.93. The Morgan fingerprint density at radius 3 is 2.46 bits per heavy atom. The maximum absolute atomic E-state index is 13.8. The first kappa shape index (κ1) is 34.4. The van der Waals surface area contributed by atoms with Crippen LogP contribution in [0.15, 0.2) is 65.6 Å². The van der Waals surface area contributed by atoms with Crippen molar-refractivity contribution in [1.82, 2.24) is 14.5 Å². The quantitative estimate of drug-likeness (QED) is 0.122. The highest BCUT2D eigenvalue weighted by atomic mass is 32.2. The molecule has 4 aromatic rings. The van der Waals surface area contributed by atoms with Crippen molar-refractivity contribution in [2.75, 3.05) is 11.5 Å². The SMILES string of the molecule is CCS(=O)(=O)CCCCC(CC(=O)Cc1ccc(F)c(C(F)(F)F)c1)[C@H](C)c1nc2ncccc2c(=O)n1-c1ccc(C#N)cc1. The number of sulfone groups is 1. The molecule has 0 fully saturated rings. The van der Waals surface area contributed by atoms with Crippen LogP contribution < -0.4 is 5.56 Å². The van der Waals surface area contributed by atoms with E-state index < -0.39 is 50.6 Å². The van der Waals surface area contributed by atoms with Crippen LogP contribution in [0.4, 0.5) is 17.6 Å². The first-order chi connectivity index (χ1) is 21.7. The highest BCUT2D eigenvalue weighted by Crippen LogP contribution is 2.34. The highest BCUT2D eigenvalue weighted by molar-refractivity contribution is 7.91. The van der Waals surface area contributed by atoms with Crippen LogP contribution in [0.3, 0.4) is 0 Å². The molecule has 0 amide bonds. The van der Waals surface area contributed by atoms with Gasteiger partial charge in [-0.1, -0.05) is 26.3 Å². The van der Waals surface area contributed by atoms with Crippen molar-refractivity contribution in [3.63, 3.8) is 0 Å². The van der Waals surface area contributed by atoms with Crippen molar-refractivity contribution in [2.24, 2.45) is 5.92 Å². The van der Waals surface area contributed by atoms with Crippen molar-refractivity contribution in [2.45, 2.75) is 58.0 Å². The minimum absolute atomic E-state index is 0.00156. The number of benzene rings is 2. The number of rotatable bonds is 13. The molecule has 2 aromatic carbocycles. The maximum Gasteiger partial charge on any atom is 0.419 e. The molecule has 2 atom stereocenters. The molecule has 0 aliphatic carbocycles. The molecule has 0 N–H and O–H groups in total. The van der Waals surface area contributed by atoms with E-state index >= 15 is 0 Å². The van der Waals surface area contributed by atoms with Gasteiger partial charge in [0.15, 0.2) is 5.65 Å². The molecule has 0 aliphatic heterocycles. The number of ketones is 1. The number of hydrogen-bond acceptors (Lipinski definition) is 7. The first-order valence-electron chi connectivity index (χ1n) is 14.7. The van der Waals surface area contributed by atoms with Crippen LogP contribution in [-0.4, -0.2) is 40.2 Å². The molecule has 0 saturated heterocycles. The number of aromatic nitrogens is 3. The predicted molar refractivity (Wildman–Crippen MR) is 165 cm³/mol. The maximum atomic E-state index is 13.8. The van der Waals surface area contributed by atoms with E-state index in [-0.39, 0.29) is 46.8 Å². The number of hydrogen-bond donors (Lipinski definition) is 0. The van der Waals surface area contributed by atoms with E-state index in [9.17, 15) is 40.8 Å². The fraction of sp³-hybridized carbons (Fsp3) is 0.364. The van der Waals surface area contributed by atoms with Gasteiger partial charge in [0.1, 0.15) is 27.3 Å². The summed E-state index contributed by atoms with van der Waals surface area (Å²) in [6.45, 7) is 3.33. The van der Waals surface area contributed by atoms with Crippen molar-refractivity contribution in [3.05, 3.63) is 99.5 Å². The molecular weight excluding hydrogens is 624 g/mol. The van der Waals surface area contributed by atoms with Crippen molar-refractivity contribution < 1.29 is 30.8 Å². The summed E-state index contributed by atoms with van der Waals surface area (Å²) in [5, 5.41) is 9.50. The summed E-state index contributed by atoms with van der Waals surface area (Å²) in [5.41, 5.74) is -0.893. The molecular formula is C33H32F4N4O4S. The second-order valence-corrected chi connectivity index (χ2v) is 13.6. The van der Waals surface area contributed by atoms with E-state index in [1.807, 2.05) is 6.07 Å². The van der Waals surface area contributed by atoms with Gasteiger partial charge in [-0.25, -0.2) is 22.8 Å². The zero-order chi connectivity index (χ0) is 33.6. The van der Waals surface area contributed by atoms with Gasteiger partial charge in [-0.2, -0.15) is 18.4 Å². The summed E-state index contributed by atoms with van der Waals surface area (Å²) in [4.78, 5) is 36.1. The molecule has 242 valence electrons. The molecule has 0 radical (unpaired) electrons. The number of nitriles is 1. The first-order valence-corrected chi connectivity index (χ1v) is 16.5. The predicted octanol–water partition coefficient (Wildman–Crippen LogP) is 6.34. The summed E-state index contributed by atoms with van der Waals surface area (Å²) >= 11 is 0. The number of alkyl halides is 3. The van der Waals surface area contributed by atoms with Crippen molar-refractivity contribution in [3.8, 4) is 11.8 Å². The highest BCUT2D eigenvalue weighted by Gasteiger charge is 2.34. The van der Waals surface area contributed by atoms with Gasteiger partial charge in [0.25, 0.3) is 5.56 Å². The summed E-state index contributed by atoms with van der Waals surface area (Å²) in [7, 11) is -3.23. The third-order valence-corrected chi connectivity index (χ3v) is 9.78. The Hall–Kier alpha value is -4.44. The average Bonchev–Trinajstić information content (AvgIpc) is 3.02. The standard InChI is InChI=1S/C33H32F4N4O4S/c1-3-46(44,45)16-5-4-7-24(19-26(42)17-23-11-14-29(34)28(18-23)33(35,36)37)21(2)31-40-30-27(8-6-15-39-30)32(43)41(31)25-12-9-22(20-38)10-13-25/h6,8-15,18,21,24H,3-5,7,16-17,19H2,1-2H3/t21-,24?/m0/s1. The topological polar surface area (TPSA) is 123 Å². The lowest BCUT2D eigenvalue weighted by Gasteiger charge is -2.26. The number of carbonyl (C=O) groups is 1. The van der Waals surface area contributed by atoms with Crippen LogP contribution in [0, 0.1) is 23.1 Å². The van der Waals surface area contributed by atoms with E-state index in [1.165, 1.54) is 10.8 Å². The molecule has 2 heterocycles. The lowest BCUT2D eigenvalue weighted by atomic mass is 9.83. The number of nitrogens with zero attached hydrogens (tertiary/aromatic N) is 4. The van der Waals surface area contributed by atoms with Crippen LogP contribution in [0.5, 0.6) is 0 Å². The van der Waals surface area contributed by atoms with Crippen molar-refractivity contribution in [1.29, 1.82) is 5.26 Å². The van der Waals surface area contributed by atoms with Gasteiger partial charge >= 0.3 is 6.18 Å². The van der Waals surface area contributed by atoms with Gasteiger partial charge < -0.3 is 0 Å². The third-order valence-electron chi connectivity index (χ3n) is 7.99. The van der Waals surface area contributed by atoms with Crippen molar-refractivity contribution >= 4 is 26.7 Å². The smallest absolute Gasteiger partial charge is 0.299 e. The van der Waals surface area contributed by atoms with Crippen LogP contribution in [0.2, 0.25) is 0 Å². The molecule has 2 aromatic heterocycles. The molecule has 1 unspecified atom stereocenters. The Labute approximate surface area is 263 Å².